The molecule has 0 saturated carbocycles. The zero-order valence-corrected chi connectivity index (χ0v) is 14.1. The molecule has 0 aliphatic heterocycles. The molecule has 4 aromatic rings. The van der Waals surface area contributed by atoms with Gasteiger partial charge in [0, 0.05) is 29.0 Å². The fourth-order valence-electron chi connectivity index (χ4n) is 2.55. The van der Waals surface area contributed by atoms with Crippen LogP contribution >= 0.6 is 11.6 Å². The van der Waals surface area contributed by atoms with Gasteiger partial charge >= 0.3 is 0 Å². The number of aromatic hydroxyl groups is 1. The number of fused-ring (bicyclic) bond motifs is 1. The molecule has 7 heteroatoms. The Kier molecular flexibility index (Phi) is 4.10. The number of phenols is 1. The summed E-state index contributed by atoms with van der Waals surface area (Å²) in [5.41, 5.74) is 1.96. The van der Waals surface area contributed by atoms with Gasteiger partial charge in [-0.25, -0.2) is 14.4 Å². The molecule has 0 fully saturated rings. The smallest absolute Gasteiger partial charge is 0.163 e. The highest BCUT2D eigenvalue weighted by molar-refractivity contribution is 6.31. The van der Waals surface area contributed by atoms with E-state index < -0.39 is 5.82 Å². The van der Waals surface area contributed by atoms with Crippen LogP contribution in [0.5, 0.6) is 5.75 Å². The first-order valence-corrected chi connectivity index (χ1v) is 8.11. The van der Waals surface area contributed by atoms with E-state index in [1.165, 1.54) is 12.1 Å². The van der Waals surface area contributed by atoms with Crippen LogP contribution in [0, 0.1) is 5.82 Å². The minimum Gasteiger partial charge on any atom is -0.508 e. The zero-order chi connectivity index (χ0) is 18.1. The number of phenolic OH excluding ortho intramolecular Hbond substituents is 1. The predicted molar refractivity (Wildman–Crippen MR) is 99.1 cm³/mol. The fourth-order valence-corrected chi connectivity index (χ4v) is 2.73. The number of benzene rings is 2. The maximum absolute atomic E-state index is 13.4. The van der Waals surface area contributed by atoms with Crippen LogP contribution in [0.1, 0.15) is 0 Å². The number of aromatic nitrogens is 3. The minimum absolute atomic E-state index is 0.00342. The van der Waals surface area contributed by atoms with Crippen molar-refractivity contribution >= 4 is 34.0 Å². The van der Waals surface area contributed by atoms with Crippen LogP contribution in [-0.4, -0.2) is 20.1 Å². The summed E-state index contributed by atoms with van der Waals surface area (Å²) in [4.78, 5) is 13.2. The van der Waals surface area contributed by atoms with Crippen LogP contribution in [0.25, 0.3) is 22.3 Å². The van der Waals surface area contributed by atoms with E-state index >= 15 is 0 Å². The first-order valence-electron chi connectivity index (χ1n) is 7.73. The molecule has 2 aromatic heterocycles. The molecule has 2 aromatic carbocycles. The third-order valence-electron chi connectivity index (χ3n) is 3.78. The lowest BCUT2D eigenvalue weighted by molar-refractivity contribution is 0.476. The second-order valence-electron chi connectivity index (χ2n) is 5.59. The standard InChI is InChI=1S/C19H12ClFN4O/c20-15-8-12(3-5-16(15)21)23-19-14-9-13(26)4-6-17(14)24-18(25-19)11-2-1-7-22-10-11/h1-10,26H,(H,23,24,25). The second-order valence-corrected chi connectivity index (χ2v) is 6.00. The van der Waals surface area contributed by atoms with Crippen molar-refractivity contribution < 1.29 is 9.50 Å². The van der Waals surface area contributed by atoms with Gasteiger partial charge in [0.1, 0.15) is 17.4 Å². The third kappa shape index (κ3) is 3.14. The van der Waals surface area contributed by atoms with Crippen molar-refractivity contribution in [3.05, 3.63) is 71.8 Å². The molecule has 5 nitrogen and oxygen atoms in total. The van der Waals surface area contributed by atoms with Gasteiger partial charge in [0.05, 0.1) is 10.5 Å². The average Bonchev–Trinajstić information content (AvgIpc) is 2.65. The van der Waals surface area contributed by atoms with Gasteiger partial charge < -0.3 is 10.4 Å². The Labute approximate surface area is 153 Å². The van der Waals surface area contributed by atoms with Crippen LogP contribution in [-0.2, 0) is 0 Å². The minimum atomic E-state index is -0.501. The number of halogens is 2. The van der Waals surface area contributed by atoms with Gasteiger partial charge in [-0.15, -0.1) is 0 Å². The SMILES string of the molecule is Oc1ccc2nc(-c3cccnc3)nc(Nc3ccc(F)c(Cl)c3)c2c1. The summed E-state index contributed by atoms with van der Waals surface area (Å²) in [6.07, 6.45) is 3.34. The quantitative estimate of drug-likeness (QED) is 0.537. The Morgan fingerprint density at radius 1 is 1.04 bits per heavy atom. The lowest BCUT2D eigenvalue weighted by atomic mass is 10.2. The van der Waals surface area contributed by atoms with Crippen LogP contribution in [0.15, 0.2) is 60.9 Å². The Hall–Kier alpha value is -3.25. The Morgan fingerprint density at radius 2 is 1.92 bits per heavy atom. The molecule has 0 radical (unpaired) electrons. The molecule has 2 heterocycles. The van der Waals surface area contributed by atoms with Crippen molar-refractivity contribution in [2.24, 2.45) is 0 Å². The van der Waals surface area contributed by atoms with Gasteiger partial charge in [0.25, 0.3) is 0 Å². The van der Waals surface area contributed by atoms with E-state index in [0.717, 1.165) is 5.56 Å². The van der Waals surface area contributed by atoms with Gasteiger partial charge in [0.2, 0.25) is 0 Å². The molecular weight excluding hydrogens is 355 g/mol. The normalized spacial score (nSPS) is 10.8. The Morgan fingerprint density at radius 3 is 2.69 bits per heavy atom. The van der Waals surface area contributed by atoms with Gasteiger partial charge in [-0.1, -0.05) is 11.6 Å². The van der Waals surface area contributed by atoms with Gasteiger partial charge in [-0.2, -0.15) is 0 Å². The lowest BCUT2D eigenvalue weighted by Crippen LogP contribution is -2.00. The van der Waals surface area contributed by atoms with Gasteiger partial charge in [-0.05, 0) is 48.5 Å². The van der Waals surface area contributed by atoms with Crippen LogP contribution in [0.3, 0.4) is 0 Å². The summed E-state index contributed by atoms with van der Waals surface area (Å²) in [5, 5.41) is 13.6. The summed E-state index contributed by atoms with van der Waals surface area (Å²) in [7, 11) is 0. The zero-order valence-electron chi connectivity index (χ0n) is 13.3. The van der Waals surface area contributed by atoms with Crippen LogP contribution < -0.4 is 5.32 Å². The van der Waals surface area contributed by atoms with Crippen molar-refractivity contribution in [2.45, 2.75) is 0 Å². The van der Waals surface area contributed by atoms with Crippen molar-refractivity contribution in [3.63, 3.8) is 0 Å². The number of nitrogens with one attached hydrogen (secondary N) is 1. The van der Waals surface area contributed by atoms with E-state index in [1.807, 2.05) is 6.07 Å². The monoisotopic (exact) mass is 366 g/mol. The van der Waals surface area contributed by atoms with Crippen molar-refractivity contribution in [1.82, 2.24) is 15.0 Å². The molecule has 0 bridgehead atoms. The second kappa shape index (κ2) is 6.57. The number of rotatable bonds is 3. The molecule has 0 unspecified atom stereocenters. The van der Waals surface area contributed by atoms with E-state index in [-0.39, 0.29) is 10.8 Å². The van der Waals surface area contributed by atoms with E-state index in [4.69, 9.17) is 11.6 Å². The average molecular weight is 367 g/mol. The molecule has 128 valence electrons. The molecule has 0 aliphatic rings. The van der Waals surface area contributed by atoms with Crippen molar-refractivity contribution in [3.8, 4) is 17.1 Å². The number of pyridine rings is 1. The highest BCUT2D eigenvalue weighted by atomic mass is 35.5. The van der Waals surface area contributed by atoms with E-state index in [0.29, 0.717) is 28.2 Å². The van der Waals surface area contributed by atoms with Crippen molar-refractivity contribution in [2.75, 3.05) is 5.32 Å². The molecule has 26 heavy (non-hydrogen) atoms. The molecule has 2 N–H and O–H groups in total. The van der Waals surface area contributed by atoms with E-state index in [9.17, 15) is 9.50 Å². The van der Waals surface area contributed by atoms with Crippen LogP contribution in [0.4, 0.5) is 15.9 Å². The molecule has 0 saturated heterocycles. The van der Waals surface area contributed by atoms with Gasteiger partial charge in [-0.3, -0.25) is 4.98 Å². The number of anilines is 2. The van der Waals surface area contributed by atoms with Gasteiger partial charge in [0.15, 0.2) is 5.82 Å². The number of hydrogen-bond donors (Lipinski definition) is 2. The van der Waals surface area contributed by atoms with E-state index in [1.54, 1.807) is 42.7 Å². The summed E-state index contributed by atoms with van der Waals surface area (Å²) in [5.74, 6) is 0.535. The Balaban J connectivity index is 1.87. The Bertz CT molecular complexity index is 1110. The predicted octanol–water partition coefficient (Wildman–Crippen LogP) is 4.93. The molecular formula is C19H12ClFN4O. The maximum atomic E-state index is 13.4. The largest absolute Gasteiger partial charge is 0.508 e. The van der Waals surface area contributed by atoms with Crippen LogP contribution in [0.2, 0.25) is 5.02 Å². The summed E-state index contributed by atoms with van der Waals surface area (Å²) < 4.78 is 13.4. The third-order valence-corrected chi connectivity index (χ3v) is 4.07. The maximum Gasteiger partial charge on any atom is 0.163 e. The fraction of sp³-hybridized carbons (Fsp3) is 0. The summed E-state index contributed by atoms with van der Waals surface area (Å²) in [6.45, 7) is 0. The molecule has 0 spiro atoms. The molecule has 4 rings (SSSR count). The summed E-state index contributed by atoms with van der Waals surface area (Å²) in [6, 6.07) is 12.8. The molecule has 0 atom stereocenters. The number of nitrogens with zero attached hydrogens (tertiary/aromatic N) is 3. The highest BCUT2D eigenvalue weighted by Crippen LogP contribution is 2.30. The first-order chi connectivity index (χ1) is 12.6. The topological polar surface area (TPSA) is 70.9 Å². The summed E-state index contributed by atoms with van der Waals surface area (Å²) >= 11 is 5.85. The van der Waals surface area contributed by atoms with Crippen molar-refractivity contribution in [1.29, 1.82) is 0 Å². The number of hydrogen-bond acceptors (Lipinski definition) is 5. The molecule has 0 amide bonds. The van der Waals surface area contributed by atoms with E-state index in [2.05, 4.69) is 20.3 Å². The highest BCUT2D eigenvalue weighted by Gasteiger charge is 2.11. The lowest BCUT2D eigenvalue weighted by Gasteiger charge is -2.12. The molecule has 0 aliphatic carbocycles. The first kappa shape index (κ1) is 16.2.